The molecule has 2 aromatic carbocycles. The predicted molar refractivity (Wildman–Crippen MR) is 84.3 cm³/mol. The third-order valence-electron chi connectivity index (χ3n) is 4.97. The van der Waals surface area contributed by atoms with Crippen LogP contribution in [-0.4, -0.2) is 22.0 Å². The normalized spacial score (nSPS) is 24.8. The van der Waals surface area contributed by atoms with Crippen LogP contribution in [0.1, 0.15) is 47.2 Å². The predicted octanol–water partition coefficient (Wildman–Crippen LogP) is 3.28. The summed E-state index contributed by atoms with van der Waals surface area (Å²) in [5, 5.41) is 11.6. The summed E-state index contributed by atoms with van der Waals surface area (Å²) in [5.41, 5.74) is 0.753. The lowest BCUT2D eigenvalue weighted by Gasteiger charge is -2.38. The number of fused-ring (bicyclic) bond motifs is 1. The summed E-state index contributed by atoms with van der Waals surface area (Å²) in [5.74, 6) is -0.0474. The third kappa shape index (κ3) is 1.75. The van der Waals surface area contributed by atoms with Gasteiger partial charge in [-0.15, -0.1) is 0 Å². The molecule has 4 rings (SSSR count). The molecule has 1 saturated carbocycles. The van der Waals surface area contributed by atoms with Crippen LogP contribution in [0.25, 0.3) is 0 Å². The summed E-state index contributed by atoms with van der Waals surface area (Å²) >= 11 is 0. The highest BCUT2D eigenvalue weighted by atomic mass is 16.3. The number of nitrogens with zero attached hydrogens (tertiary/aromatic N) is 1. The van der Waals surface area contributed by atoms with E-state index in [4.69, 9.17) is 0 Å². The van der Waals surface area contributed by atoms with E-state index < -0.39 is 5.72 Å². The summed E-state index contributed by atoms with van der Waals surface area (Å²) < 4.78 is 0. The second-order valence-electron chi connectivity index (χ2n) is 6.20. The topological polar surface area (TPSA) is 40.5 Å². The van der Waals surface area contributed by atoms with Gasteiger partial charge in [0.15, 0.2) is 5.72 Å². The summed E-state index contributed by atoms with van der Waals surface area (Å²) in [6.07, 6.45) is 4.18. The Kier molecular flexibility index (Phi) is 3.05. The molecule has 0 aromatic heterocycles. The van der Waals surface area contributed by atoms with E-state index in [1.807, 2.05) is 54.6 Å². The van der Waals surface area contributed by atoms with Crippen molar-refractivity contribution in [1.82, 2.24) is 4.90 Å². The van der Waals surface area contributed by atoms with Gasteiger partial charge >= 0.3 is 0 Å². The highest BCUT2D eigenvalue weighted by Crippen LogP contribution is 2.45. The van der Waals surface area contributed by atoms with Gasteiger partial charge < -0.3 is 5.11 Å². The number of hydrogen-bond acceptors (Lipinski definition) is 2. The molecular weight excluding hydrogens is 274 g/mol. The first-order chi connectivity index (χ1) is 10.7. The highest BCUT2D eigenvalue weighted by Gasteiger charge is 2.52. The molecule has 1 fully saturated rings. The zero-order valence-electron chi connectivity index (χ0n) is 12.4. The van der Waals surface area contributed by atoms with E-state index >= 15 is 0 Å². The molecule has 1 amide bonds. The van der Waals surface area contributed by atoms with E-state index in [0.717, 1.165) is 31.2 Å². The van der Waals surface area contributed by atoms with Gasteiger partial charge in [0.25, 0.3) is 5.91 Å². The molecule has 0 spiro atoms. The molecule has 1 aliphatic heterocycles. The Labute approximate surface area is 130 Å². The molecule has 3 nitrogen and oxygen atoms in total. The van der Waals surface area contributed by atoms with Gasteiger partial charge in [-0.3, -0.25) is 9.69 Å². The lowest BCUT2D eigenvalue weighted by atomic mass is 9.93. The van der Waals surface area contributed by atoms with Gasteiger partial charge in [0.1, 0.15) is 0 Å². The van der Waals surface area contributed by atoms with E-state index in [0.29, 0.717) is 11.1 Å². The van der Waals surface area contributed by atoms with Crippen LogP contribution in [0.4, 0.5) is 0 Å². The van der Waals surface area contributed by atoms with Crippen molar-refractivity contribution in [2.45, 2.75) is 37.5 Å². The molecule has 1 heterocycles. The van der Waals surface area contributed by atoms with E-state index in [1.165, 1.54) is 0 Å². The minimum Gasteiger partial charge on any atom is -0.363 e. The molecule has 1 aliphatic carbocycles. The third-order valence-corrected chi connectivity index (χ3v) is 4.97. The molecule has 1 N–H and O–H groups in total. The van der Waals surface area contributed by atoms with E-state index in [2.05, 4.69) is 0 Å². The van der Waals surface area contributed by atoms with Crippen LogP contribution in [0, 0.1) is 0 Å². The smallest absolute Gasteiger partial charge is 0.257 e. The van der Waals surface area contributed by atoms with E-state index in [-0.39, 0.29) is 11.9 Å². The summed E-state index contributed by atoms with van der Waals surface area (Å²) in [6, 6.07) is 17.1. The second-order valence-corrected chi connectivity index (χ2v) is 6.20. The number of amides is 1. The first-order valence-electron chi connectivity index (χ1n) is 7.94. The van der Waals surface area contributed by atoms with Crippen LogP contribution in [-0.2, 0) is 5.72 Å². The molecule has 22 heavy (non-hydrogen) atoms. The Morgan fingerprint density at radius 2 is 1.59 bits per heavy atom. The number of hydrogen-bond donors (Lipinski definition) is 1. The molecule has 0 unspecified atom stereocenters. The fraction of sp³-hybridized carbons (Fsp3) is 0.316. The molecule has 2 aliphatic rings. The first kappa shape index (κ1) is 13.5. The standard InChI is InChI=1S/C19H19NO2/c21-18-16-12-6-7-13-17(16)19(22,14-8-2-1-3-9-14)20(18)15-10-4-5-11-15/h1-3,6-9,12-13,15,22H,4-5,10-11H2/t19-/m1/s1. The quantitative estimate of drug-likeness (QED) is 0.923. The highest BCUT2D eigenvalue weighted by molar-refractivity contribution is 6.00. The van der Waals surface area contributed by atoms with Crippen LogP contribution < -0.4 is 0 Å². The average molecular weight is 293 g/mol. The van der Waals surface area contributed by atoms with Crippen molar-refractivity contribution in [3.8, 4) is 0 Å². The van der Waals surface area contributed by atoms with Crippen molar-refractivity contribution in [3.63, 3.8) is 0 Å². The number of carbonyl (C=O) groups is 1. The van der Waals surface area contributed by atoms with Crippen molar-refractivity contribution in [3.05, 3.63) is 71.3 Å². The number of benzene rings is 2. The zero-order valence-corrected chi connectivity index (χ0v) is 12.4. The fourth-order valence-electron chi connectivity index (χ4n) is 3.94. The van der Waals surface area contributed by atoms with Gasteiger partial charge in [0, 0.05) is 22.7 Å². The van der Waals surface area contributed by atoms with Crippen LogP contribution in [0.5, 0.6) is 0 Å². The van der Waals surface area contributed by atoms with Crippen molar-refractivity contribution in [2.24, 2.45) is 0 Å². The molecule has 3 heteroatoms. The van der Waals surface area contributed by atoms with Gasteiger partial charge in [0.05, 0.1) is 0 Å². The largest absolute Gasteiger partial charge is 0.363 e. The summed E-state index contributed by atoms with van der Waals surface area (Å²) in [6.45, 7) is 0. The Morgan fingerprint density at radius 1 is 0.955 bits per heavy atom. The first-order valence-corrected chi connectivity index (χ1v) is 7.94. The molecule has 0 radical (unpaired) electrons. The lowest BCUT2D eigenvalue weighted by molar-refractivity contribution is -0.0687. The minimum atomic E-state index is -1.34. The van der Waals surface area contributed by atoms with Crippen molar-refractivity contribution in [2.75, 3.05) is 0 Å². The van der Waals surface area contributed by atoms with Gasteiger partial charge in [-0.25, -0.2) is 0 Å². The lowest BCUT2D eigenvalue weighted by Crippen LogP contribution is -2.49. The number of carbonyl (C=O) groups excluding carboxylic acids is 1. The van der Waals surface area contributed by atoms with E-state index in [1.54, 1.807) is 4.90 Å². The Hall–Kier alpha value is -2.13. The zero-order chi connectivity index (χ0) is 15.2. The maximum atomic E-state index is 12.9. The molecule has 0 bridgehead atoms. The average Bonchev–Trinajstić information content (AvgIpc) is 3.16. The SMILES string of the molecule is O=C1c2ccccc2[C@](O)(c2ccccc2)N1C1CCCC1. The fourth-order valence-corrected chi connectivity index (χ4v) is 3.94. The molecular formula is C19H19NO2. The van der Waals surface area contributed by atoms with Crippen molar-refractivity contribution >= 4 is 5.91 Å². The maximum Gasteiger partial charge on any atom is 0.257 e. The number of aliphatic hydroxyl groups is 1. The van der Waals surface area contributed by atoms with Gasteiger partial charge in [-0.05, 0) is 18.9 Å². The molecule has 0 saturated heterocycles. The Balaban J connectivity index is 1.92. The maximum absolute atomic E-state index is 12.9. The Bertz CT molecular complexity index is 706. The summed E-state index contributed by atoms with van der Waals surface area (Å²) in [7, 11) is 0. The molecule has 2 aromatic rings. The summed E-state index contributed by atoms with van der Waals surface area (Å²) in [4.78, 5) is 14.7. The molecule has 112 valence electrons. The Morgan fingerprint density at radius 3 is 2.32 bits per heavy atom. The van der Waals surface area contributed by atoms with Crippen molar-refractivity contribution in [1.29, 1.82) is 0 Å². The second kappa shape index (κ2) is 4.96. The monoisotopic (exact) mass is 293 g/mol. The molecule has 1 atom stereocenters. The van der Waals surface area contributed by atoms with Crippen LogP contribution >= 0.6 is 0 Å². The van der Waals surface area contributed by atoms with Gasteiger partial charge in [0.2, 0.25) is 0 Å². The van der Waals surface area contributed by atoms with Crippen molar-refractivity contribution < 1.29 is 9.90 Å². The van der Waals surface area contributed by atoms with Gasteiger partial charge in [-0.1, -0.05) is 61.4 Å². The van der Waals surface area contributed by atoms with Crippen LogP contribution in [0.3, 0.4) is 0 Å². The minimum absolute atomic E-state index is 0.0474. The van der Waals surface area contributed by atoms with Crippen LogP contribution in [0.15, 0.2) is 54.6 Å². The van der Waals surface area contributed by atoms with Gasteiger partial charge in [-0.2, -0.15) is 0 Å². The number of rotatable bonds is 2. The van der Waals surface area contributed by atoms with E-state index in [9.17, 15) is 9.90 Å². The van der Waals surface area contributed by atoms with Crippen LogP contribution in [0.2, 0.25) is 0 Å².